The zero-order valence-electron chi connectivity index (χ0n) is 15.8. The highest BCUT2D eigenvalue weighted by molar-refractivity contribution is 6.05. The lowest BCUT2D eigenvalue weighted by atomic mass is 10.0. The van der Waals surface area contributed by atoms with Gasteiger partial charge in [0.25, 0.3) is 11.5 Å². The highest BCUT2D eigenvalue weighted by Gasteiger charge is 2.30. The molecule has 1 amide bonds. The van der Waals surface area contributed by atoms with Crippen LogP contribution in [0.4, 0.5) is 0 Å². The van der Waals surface area contributed by atoms with Crippen LogP contribution in [0.15, 0.2) is 15.7 Å². The van der Waals surface area contributed by atoms with Gasteiger partial charge in [-0.3, -0.25) is 19.1 Å². The number of hydrogen-bond acceptors (Lipinski definition) is 4. The average Bonchev–Trinajstić information content (AvgIpc) is 3.42. The fourth-order valence-electron chi connectivity index (χ4n) is 3.20. The summed E-state index contributed by atoms with van der Waals surface area (Å²) in [5.41, 5.74) is 0.213. The molecule has 26 heavy (non-hydrogen) atoms. The van der Waals surface area contributed by atoms with Crippen molar-refractivity contribution in [2.45, 2.75) is 65.5 Å². The third-order valence-electron chi connectivity index (χ3n) is 4.94. The van der Waals surface area contributed by atoms with Crippen LogP contribution >= 0.6 is 0 Å². The lowest BCUT2D eigenvalue weighted by Crippen LogP contribution is -2.36. The molecule has 2 heterocycles. The summed E-state index contributed by atoms with van der Waals surface area (Å²) < 4.78 is 1.45. The number of carbonyl (C=O) groups is 1. The zero-order chi connectivity index (χ0) is 19.0. The number of carbonyl (C=O) groups excluding carboxylic acids is 1. The maximum atomic E-state index is 12.9. The van der Waals surface area contributed by atoms with E-state index in [1.54, 1.807) is 6.07 Å². The Morgan fingerprint density at radius 1 is 1.35 bits per heavy atom. The Labute approximate surface area is 151 Å². The van der Waals surface area contributed by atoms with Crippen LogP contribution in [-0.2, 0) is 6.54 Å². The minimum absolute atomic E-state index is 0.0637. The van der Waals surface area contributed by atoms with Crippen LogP contribution in [0.5, 0.6) is 0 Å². The van der Waals surface area contributed by atoms with E-state index in [-0.39, 0.29) is 34.5 Å². The molecule has 1 saturated carbocycles. The molecule has 1 aliphatic carbocycles. The largest absolute Gasteiger partial charge is 0.349 e. The van der Waals surface area contributed by atoms with Crippen LogP contribution < -0.4 is 16.6 Å². The number of aromatic amines is 1. The van der Waals surface area contributed by atoms with Gasteiger partial charge in [-0.2, -0.15) is 0 Å². The van der Waals surface area contributed by atoms with E-state index in [0.717, 1.165) is 19.3 Å². The Kier molecular flexibility index (Phi) is 4.98. The molecule has 0 spiro atoms. The summed E-state index contributed by atoms with van der Waals surface area (Å²) in [6.07, 6.45) is 2.95. The number of pyridine rings is 1. The molecule has 0 radical (unpaired) electrons. The van der Waals surface area contributed by atoms with Gasteiger partial charge in [-0.05, 0) is 44.1 Å². The van der Waals surface area contributed by atoms with Gasteiger partial charge in [-0.1, -0.05) is 20.8 Å². The van der Waals surface area contributed by atoms with Crippen molar-refractivity contribution in [2.75, 3.05) is 0 Å². The van der Waals surface area contributed by atoms with E-state index in [1.165, 1.54) is 4.57 Å². The van der Waals surface area contributed by atoms with E-state index >= 15 is 0 Å². The number of aryl methyl sites for hydroxylation is 1. The van der Waals surface area contributed by atoms with Crippen LogP contribution in [-0.4, -0.2) is 26.5 Å². The number of H-pyrrole nitrogens is 1. The molecule has 7 nitrogen and oxygen atoms in total. The van der Waals surface area contributed by atoms with Crippen LogP contribution in [0.1, 0.15) is 68.9 Å². The summed E-state index contributed by atoms with van der Waals surface area (Å²) in [6, 6.07) is 1.74. The fraction of sp³-hybridized carbons (Fsp3) is 0.579. The molecule has 1 fully saturated rings. The Bertz CT molecular complexity index is 954. The number of rotatable bonds is 6. The molecule has 1 unspecified atom stereocenters. The Hall–Kier alpha value is -2.44. The van der Waals surface area contributed by atoms with Gasteiger partial charge in [-0.25, -0.2) is 9.78 Å². The molecule has 2 aromatic rings. The Morgan fingerprint density at radius 2 is 2.04 bits per heavy atom. The molecule has 2 N–H and O–H groups in total. The van der Waals surface area contributed by atoms with Crippen molar-refractivity contribution in [3.05, 3.63) is 38.2 Å². The first-order chi connectivity index (χ1) is 12.3. The van der Waals surface area contributed by atoms with Crippen molar-refractivity contribution in [1.82, 2.24) is 19.9 Å². The van der Waals surface area contributed by atoms with Crippen molar-refractivity contribution in [3.63, 3.8) is 0 Å². The smallest absolute Gasteiger partial charge is 0.329 e. The third kappa shape index (κ3) is 3.43. The van der Waals surface area contributed by atoms with Gasteiger partial charge in [0.15, 0.2) is 5.65 Å². The van der Waals surface area contributed by atoms with E-state index in [9.17, 15) is 14.4 Å². The zero-order valence-corrected chi connectivity index (χ0v) is 15.8. The maximum absolute atomic E-state index is 12.9. The van der Waals surface area contributed by atoms with Crippen LogP contribution in [0.25, 0.3) is 11.0 Å². The summed E-state index contributed by atoms with van der Waals surface area (Å²) in [7, 11) is 0. The summed E-state index contributed by atoms with van der Waals surface area (Å²) in [5, 5.41) is 3.19. The van der Waals surface area contributed by atoms with E-state index in [2.05, 4.69) is 15.3 Å². The van der Waals surface area contributed by atoms with Crippen molar-refractivity contribution < 1.29 is 4.79 Å². The van der Waals surface area contributed by atoms with Crippen molar-refractivity contribution in [1.29, 1.82) is 0 Å². The normalized spacial score (nSPS) is 15.4. The predicted octanol–water partition coefficient (Wildman–Crippen LogP) is 2.15. The summed E-state index contributed by atoms with van der Waals surface area (Å²) in [6.45, 7) is 8.30. The lowest BCUT2D eigenvalue weighted by Gasteiger charge is -2.17. The SMILES string of the molecule is CCCn1c(=O)[nH]c(=O)c2c(C(=O)NC(C)C3CC3)cc(C(C)C)nc21. The van der Waals surface area contributed by atoms with E-state index in [1.807, 2.05) is 27.7 Å². The van der Waals surface area contributed by atoms with Gasteiger partial charge in [0.2, 0.25) is 0 Å². The van der Waals surface area contributed by atoms with Crippen molar-refractivity contribution >= 4 is 16.9 Å². The monoisotopic (exact) mass is 358 g/mol. The Morgan fingerprint density at radius 3 is 2.62 bits per heavy atom. The molecule has 0 saturated heterocycles. The second-order valence-corrected chi connectivity index (χ2v) is 7.46. The van der Waals surface area contributed by atoms with E-state index in [4.69, 9.17) is 0 Å². The van der Waals surface area contributed by atoms with Gasteiger partial charge >= 0.3 is 5.69 Å². The van der Waals surface area contributed by atoms with Crippen molar-refractivity contribution in [2.24, 2.45) is 5.92 Å². The fourth-order valence-corrected chi connectivity index (χ4v) is 3.20. The van der Waals surface area contributed by atoms with E-state index in [0.29, 0.717) is 18.2 Å². The molecule has 1 aliphatic rings. The molecule has 0 bridgehead atoms. The van der Waals surface area contributed by atoms with Gasteiger partial charge in [0, 0.05) is 18.3 Å². The highest BCUT2D eigenvalue weighted by atomic mass is 16.2. The standard InChI is InChI=1S/C19H26N4O3/c1-5-8-23-16-15(18(25)22-19(23)26)13(9-14(21-16)10(2)3)17(24)20-11(4)12-6-7-12/h9-12H,5-8H2,1-4H3,(H,20,24)(H,22,25,26). The van der Waals surface area contributed by atoms with Crippen LogP contribution in [0, 0.1) is 5.92 Å². The second kappa shape index (κ2) is 7.05. The highest BCUT2D eigenvalue weighted by Crippen LogP contribution is 2.32. The number of nitrogens with one attached hydrogen (secondary N) is 2. The van der Waals surface area contributed by atoms with Gasteiger partial charge in [-0.15, -0.1) is 0 Å². The predicted molar refractivity (Wildman–Crippen MR) is 101 cm³/mol. The van der Waals surface area contributed by atoms with Crippen LogP contribution in [0.2, 0.25) is 0 Å². The first-order valence-electron chi connectivity index (χ1n) is 9.32. The Balaban J connectivity index is 2.22. The topological polar surface area (TPSA) is 96.9 Å². The second-order valence-electron chi connectivity index (χ2n) is 7.46. The third-order valence-corrected chi connectivity index (χ3v) is 4.94. The number of aromatic nitrogens is 3. The number of fused-ring (bicyclic) bond motifs is 1. The molecule has 1 atom stereocenters. The quantitative estimate of drug-likeness (QED) is 0.827. The molecule has 140 valence electrons. The number of amides is 1. The van der Waals surface area contributed by atoms with Gasteiger partial charge in [0.1, 0.15) is 0 Å². The first kappa shape index (κ1) is 18.4. The number of hydrogen-bond donors (Lipinski definition) is 2. The average molecular weight is 358 g/mol. The minimum Gasteiger partial charge on any atom is -0.349 e. The minimum atomic E-state index is -0.565. The molecule has 2 aromatic heterocycles. The summed E-state index contributed by atoms with van der Waals surface area (Å²) in [4.78, 5) is 44.5. The molecule has 3 rings (SSSR count). The molecular formula is C19H26N4O3. The van der Waals surface area contributed by atoms with Gasteiger partial charge in [0.05, 0.1) is 10.9 Å². The number of nitrogens with zero attached hydrogens (tertiary/aromatic N) is 2. The van der Waals surface area contributed by atoms with E-state index < -0.39 is 11.2 Å². The molecule has 0 aromatic carbocycles. The summed E-state index contributed by atoms with van der Waals surface area (Å²) >= 11 is 0. The lowest BCUT2D eigenvalue weighted by molar-refractivity contribution is 0.0937. The van der Waals surface area contributed by atoms with Crippen LogP contribution in [0.3, 0.4) is 0 Å². The summed E-state index contributed by atoms with van der Waals surface area (Å²) in [5.74, 6) is 0.287. The molecule has 0 aliphatic heterocycles. The first-order valence-corrected chi connectivity index (χ1v) is 9.32. The van der Waals surface area contributed by atoms with Gasteiger partial charge < -0.3 is 5.32 Å². The maximum Gasteiger partial charge on any atom is 0.329 e. The van der Waals surface area contributed by atoms with Crippen molar-refractivity contribution in [3.8, 4) is 0 Å². The molecule has 7 heteroatoms. The molecular weight excluding hydrogens is 332 g/mol.